The summed E-state index contributed by atoms with van der Waals surface area (Å²) in [5.74, 6) is 0.742. The van der Waals surface area contributed by atoms with Crippen LogP contribution in [0.3, 0.4) is 0 Å². The molecule has 0 saturated carbocycles. The Hall–Kier alpha value is -1.70. The Morgan fingerprint density at radius 1 is 1.00 bits per heavy atom. The van der Waals surface area contributed by atoms with Gasteiger partial charge in [-0.1, -0.05) is 19.1 Å². The highest BCUT2D eigenvalue weighted by Gasteiger charge is 2.25. The number of anilines is 2. The minimum atomic E-state index is -1.39. The number of benzene rings is 2. The lowest BCUT2D eigenvalue weighted by atomic mass is 9.93. The minimum Gasteiger partial charge on any atom is -0.367 e. The predicted molar refractivity (Wildman–Crippen MR) is 118 cm³/mol. The third-order valence-electron chi connectivity index (χ3n) is 5.13. The molecule has 0 aromatic heterocycles. The van der Waals surface area contributed by atoms with E-state index >= 15 is 0 Å². The highest BCUT2D eigenvalue weighted by atomic mass is 32.2. The molecule has 1 aliphatic rings. The molecule has 5 nitrogen and oxygen atoms in total. The Labute approximate surface area is 173 Å². The van der Waals surface area contributed by atoms with Gasteiger partial charge in [-0.2, -0.15) is 0 Å². The fourth-order valence-corrected chi connectivity index (χ4v) is 5.29. The molecule has 7 heteroatoms. The number of rotatable bonds is 6. The summed E-state index contributed by atoms with van der Waals surface area (Å²) in [6.45, 7) is 5.58. The molecule has 1 saturated heterocycles. The monoisotopic (exact) mass is 419 g/mol. The molecular formula is C21H29N3O2S2. The lowest BCUT2D eigenvalue weighted by Gasteiger charge is -2.39. The summed E-state index contributed by atoms with van der Waals surface area (Å²) in [5.41, 5.74) is 1.98. The summed E-state index contributed by atoms with van der Waals surface area (Å²) >= 11 is 0. The van der Waals surface area contributed by atoms with Gasteiger partial charge in [0.25, 0.3) is 0 Å². The molecule has 0 spiro atoms. The van der Waals surface area contributed by atoms with Gasteiger partial charge >= 0.3 is 0 Å². The van der Waals surface area contributed by atoms with Crippen molar-refractivity contribution in [2.24, 2.45) is 5.92 Å². The van der Waals surface area contributed by atoms with Crippen LogP contribution in [0.5, 0.6) is 0 Å². The number of para-hydroxylation sites is 2. The first-order chi connectivity index (χ1) is 13.4. The molecule has 2 aromatic carbocycles. The zero-order valence-corrected chi connectivity index (χ0v) is 18.6. The number of hydrogen-bond acceptors (Lipinski definition) is 3. The molecule has 0 bridgehead atoms. The Kier molecular flexibility index (Phi) is 6.91. The van der Waals surface area contributed by atoms with Crippen LogP contribution < -0.4 is 9.62 Å². The molecule has 28 heavy (non-hydrogen) atoms. The molecule has 3 rings (SSSR count). The van der Waals surface area contributed by atoms with E-state index in [4.69, 9.17) is 0 Å². The van der Waals surface area contributed by atoms with Crippen LogP contribution >= 0.6 is 0 Å². The molecule has 1 heterocycles. The molecule has 1 N–H and O–H groups in total. The maximum atomic E-state index is 12.9. The Bertz CT molecular complexity index is 855. The van der Waals surface area contributed by atoms with Crippen LogP contribution in [0.2, 0.25) is 0 Å². The van der Waals surface area contributed by atoms with Crippen molar-refractivity contribution in [2.45, 2.75) is 42.5 Å². The third-order valence-corrected chi connectivity index (χ3v) is 7.57. The van der Waals surface area contributed by atoms with Gasteiger partial charge in [0.05, 0.1) is 21.2 Å². The lowest BCUT2D eigenvalue weighted by molar-refractivity contribution is 0.378. The second-order valence-electron chi connectivity index (χ2n) is 7.59. The molecule has 0 aliphatic carbocycles. The van der Waals surface area contributed by atoms with Crippen molar-refractivity contribution in [2.75, 3.05) is 30.3 Å². The quantitative estimate of drug-likeness (QED) is 0.769. The molecule has 2 aromatic rings. The summed E-state index contributed by atoms with van der Waals surface area (Å²) in [6.07, 6.45) is 2.34. The second-order valence-corrected chi connectivity index (χ2v) is 10.5. The van der Waals surface area contributed by atoms with E-state index in [1.54, 1.807) is 42.7 Å². The van der Waals surface area contributed by atoms with Gasteiger partial charge in [-0.15, -0.1) is 0 Å². The van der Waals surface area contributed by atoms with Crippen molar-refractivity contribution in [3.63, 3.8) is 0 Å². The fraction of sp³-hybridized carbons (Fsp3) is 0.429. The maximum Gasteiger partial charge on any atom is 0.150 e. The van der Waals surface area contributed by atoms with Crippen molar-refractivity contribution in [1.82, 2.24) is 4.31 Å². The van der Waals surface area contributed by atoms with Gasteiger partial charge in [-0.25, -0.2) is 12.7 Å². The van der Waals surface area contributed by atoms with E-state index in [1.165, 1.54) is 12.8 Å². The number of nitrogens with one attached hydrogen (secondary N) is 1. The van der Waals surface area contributed by atoms with E-state index in [0.29, 0.717) is 15.8 Å². The number of nitrogens with zero attached hydrogens (tertiary/aromatic N) is 2. The summed E-state index contributed by atoms with van der Waals surface area (Å²) < 4.78 is 29.8. The zero-order valence-electron chi connectivity index (χ0n) is 16.9. The minimum absolute atomic E-state index is 0.459. The van der Waals surface area contributed by atoms with E-state index in [-0.39, 0.29) is 0 Å². The van der Waals surface area contributed by atoms with E-state index < -0.39 is 22.0 Å². The average Bonchev–Trinajstić information content (AvgIpc) is 2.68. The zero-order chi connectivity index (χ0) is 20.3. The van der Waals surface area contributed by atoms with Gasteiger partial charge in [0.15, 0.2) is 0 Å². The summed E-state index contributed by atoms with van der Waals surface area (Å²) in [7, 11) is 0.944. The highest BCUT2D eigenvalue weighted by molar-refractivity contribution is 7.86. The first-order valence-corrected chi connectivity index (χ1v) is 11.9. The van der Waals surface area contributed by atoms with E-state index in [2.05, 4.69) is 29.5 Å². The summed E-state index contributed by atoms with van der Waals surface area (Å²) in [6, 6.07) is 15.6. The van der Waals surface area contributed by atoms with Crippen LogP contribution in [0.4, 0.5) is 11.4 Å². The van der Waals surface area contributed by atoms with E-state index in [1.807, 2.05) is 18.2 Å². The summed E-state index contributed by atoms with van der Waals surface area (Å²) in [5, 5.41) is 0. The van der Waals surface area contributed by atoms with Gasteiger partial charge < -0.3 is 4.90 Å². The summed E-state index contributed by atoms with van der Waals surface area (Å²) in [4.78, 5) is 3.76. The molecule has 0 amide bonds. The van der Waals surface area contributed by atoms with Gasteiger partial charge in [0, 0.05) is 12.6 Å². The normalized spacial score (nSPS) is 22.1. The van der Waals surface area contributed by atoms with Gasteiger partial charge in [0.1, 0.15) is 22.0 Å². The van der Waals surface area contributed by atoms with Crippen molar-refractivity contribution in [3.8, 4) is 0 Å². The number of hydrogen-bond donors (Lipinski definition) is 1. The molecule has 4 unspecified atom stereocenters. The van der Waals surface area contributed by atoms with Crippen LogP contribution in [0.15, 0.2) is 58.3 Å². The second kappa shape index (κ2) is 9.20. The van der Waals surface area contributed by atoms with Crippen LogP contribution in [0.1, 0.15) is 26.7 Å². The van der Waals surface area contributed by atoms with Crippen molar-refractivity contribution >= 4 is 33.3 Å². The SMILES string of the molecule is CC1CCN(c2ccccc2NS(=O)c2ccc(S(=O)N(C)C)cc2)C(C)C1. The standard InChI is InChI=1S/C21H29N3O2S2/c1-16-13-14-24(17(2)15-16)21-8-6-5-7-20(21)22-27(25)18-9-11-19(12-10-18)28(26)23(3)4/h5-12,16-17,22H,13-15H2,1-4H3. The van der Waals surface area contributed by atoms with Gasteiger partial charge in [0.2, 0.25) is 0 Å². The first-order valence-electron chi connectivity index (χ1n) is 9.60. The first kappa shape index (κ1) is 21.0. The van der Waals surface area contributed by atoms with Crippen LogP contribution in [0, 0.1) is 5.92 Å². The van der Waals surface area contributed by atoms with Crippen molar-refractivity contribution in [1.29, 1.82) is 0 Å². The number of piperidine rings is 1. The Morgan fingerprint density at radius 3 is 2.29 bits per heavy atom. The van der Waals surface area contributed by atoms with Crippen LogP contribution in [0.25, 0.3) is 0 Å². The maximum absolute atomic E-state index is 12.9. The smallest absolute Gasteiger partial charge is 0.150 e. The van der Waals surface area contributed by atoms with Crippen molar-refractivity contribution in [3.05, 3.63) is 48.5 Å². The molecular weight excluding hydrogens is 390 g/mol. The molecule has 0 radical (unpaired) electrons. The van der Waals surface area contributed by atoms with Gasteiger partial charge in [-0.05, 0) is 76.2 Å². The molecule has 1 aliphatic heterocycles. The fourth-order valence-electron chi connectivity index (χ4n) is 3.62. The molecule has 1 fully saturated rings. The van der Waals surface area contributed by atoms with Crippen LogP contribution in [-0.4, -0.2) is 39.4 Å². The molecule has 152 valence electrons. The highest BCUT2D eigenvalue weighted by Crippen LogP contribution is 2.33. The van der Waals surface area contributed by atoms with Crippen LogP contribution in [-0.2, 0) is 22.0 Å². The molecule has 4 atom stereocenters. The largest absolute Gasteiger partial charge is 0.367 e. The van der Waals surface area contributed by atoms with E-state index in [0.717, 1.165) is 23.8 Å². The van der Waals surface area contributed by atoms with Crippen molar-refractivity contribution < 1.29 is 8.42 Å². The Balaban J connectivity index is 1.77. The lowest BCUT2D eigenvalue weighted by Crippen LogP contribution is -2.40. The predicted octanol–water partition coefficient (Wildman–Crippen LogP) is 4.03. The average molecular weight is 420 g/mol. The van der Waals surface area contributed by atoms with Gasteiger partial charge in [-0.3, -0.25) is 4.72 Å². The van der Waals surface area contributed by atoms with E-state index in [9.17, 15) is 8.42 Å². The Morgan fingerprint density at radius 2 is 1.64 bits per heavy atom. The topological polar surface area (TPSA) is 52.7 Å². The third kappa shape index (κ3) is 4.82.